The predicted octanol–water partition coefficient (Wildman–Crippen LogP) is 3.11. The third kappa shape index (κ3) is 4.84. The Morgan fingerprint density at radius 1 is 1.50 bits per heavy atom. The zero-order valence-corrected chi connectivity index (χ0v) is 15.8. The van der Waals surface area contributed by atoms with Gasteiger partial charge in [-0.15, -0.1) is 0 Å². The number of benzene rings is 1. The van der Waals surface area contributed by atoms with Crippen molar-refractivity contribution in [1.29, 1.82) is 0 Å². The van der Waals surface area contributed by atoms with E-state index in [1.54, 1.807) is 0 Å². The summed E-state index contributed by atoms with van der Waals surface area (Å²) in [5, 5.41) is 0.171. The van der Waals surface area contributed by atoms with Crippen LogP contribution in [0.15, 0.2) is 29.8 Å². The van der Waals surface area contributed by atoms with Gasteiger partial charge in [0, 0.05) is 6.42 Å². The smallest absolute Gasteiger partial charge is 0.337 e. The van der Waals surface area contributed by atoms with Gasteiger partial charge in [0.1, 0.15) is 0 Å². The number of esters is 1. The number of carbonyl (C=O) groups excluding carboxylic acids is 2. The van der Waals surface area contributed by atoms with Crippen molar-refractivity contribution in [2.75, 3.05) is 18.0 Å². The van der Waals surface area contributed by atoms with E-state index >= 15 is 0 Å². The first-order chi connectivity index (χ1) is 12.5. The molecule has 0 fully saturated rings. The fraction of sp³-hybridized carbons (Fsp3) is 0.412. The molecular weight excluding hydrogens is 382 g/mol. The lowest BCUT2D eigenvalue weighted by atomic mass is 9.91. The Labute approximate surface area is 159 Å². The van der Waals surface area contributed by atoms with Crippen LogP contribution < -0.4 is 4.31 Å². The van der Waals surface area contributed by atoms with Crippen LogP contribution in [-0.4, -0.2) is 41.0 Å². The van der Waals surface area contributed by atoms with Crippen LogP contribution >= 0.6 is 11.6 Å². The monoisotopic (exact) mass is 401 g/mol. The fourth-order valence-corrected chi connectivity index (χ4v) is 4.08. The van der Waals surface area contributed by atoms with Crippen LogP contribution in [0.4, 0.5) is 5.69 Å². The van der Waals surface area contributed by atoms with Gasteiger partial charge in [-0.25, -0.2) is 9.00 Å². The summed E-state index contributed by atoms with van der Waals surface area (Å²) in [6.45, 7) is 0.579. The zero-order valence-electron chi connectivity index (χ0n) is 14.2. The maximum absolute atomic E-state index is 12.1. The summed E-state index contributed by atoms with van der Waals surface area (Å²) in [7, 11) is 1.26. The molecule has 0 amide bonds. The molecule has 1 aliphatic rings. The summed E-state index contributed by atoms with van der Waals surface area (Å²) >= 11 is 3.95. The van der Waals surface area contributed by atoms with Gasteiger partial charge in [0.25, 0.3) is 17.7 Å². The summed E-state index contributed by atoms with van der Waals surface area (Å²) in [6.07, 6.45) is 4.84. The number of anilines is 1. The number of rotatable bonds is 8. The normalized spacial score (nSPS) is 17.8. The molecular formula is C17H20ClNO6S. The second kappa shape index (κ2) is 9.70. The Balaban J connectivity index is 2.34. The topological polar surface area (TPSA) is 93.1 Å². The van der Waals surface area contributed by atoms with Crippen molar-refractivity contribution in [2.45, 2.75) is 31.7 Å². The maximum atomic E-state index is 12.1. The molecule has 1 N–H and O–H groups in total. The number of allylic oxidation sites excluding steroid dienone is 1. The Bertz CT molecular complexity index is 723. The molecule has 0 radical (unpaired) electrons. The van der Waals surface area contributed by atoms with Crippen molar-refractivity contribution in [3.63, 3.8) is 0 Å². The highest BCUT2D eigenvalue weighted by Crippen LogP contribution is 2.35. The first-order valence-electron chi connectivity index (χ1n) is 8.01. The highest BCUT2D eigenvalue weighted by Gasteiger charge is 2.30. The molecule has 0 saturated carbocycles. The lowest BCUT2D eigenvalue weighted by Crippen LogP contribution is -2.39. The first-order valence-corrected chi connectivity index (χ1v) is 9.46. The van der Waals surface area contributed by atoms with E-state index in [1.807, 2.05) is 6.08 Å². The van der Waals surface area contributed by atoms with Crippen molar-refractivity contribution < 1.29 is 27.8 Å². The average molecular weight is 402 g/mol. The van der Waals surface area contributed by atoms with Gasteiger partial charge in [-0.2, -0.15) is 0 Å². The number of hydrogen-bond donors (Lipinski definition) is 1. The first kappa shape index (κ1) is 20.4. The Hall–Kier alpha value is -1.90. The van der Waals surface area contributed by atoms with Crippen LogP contribution in [0.2, 0.25) is 5.02 Å². The average Bonchev–Trinajstić information content (AvgIpc) is 2.63. The van der Waals surface area contributed by atoms with E-state index in [0.29, 0.717) is 25.0 Å². The molecule has 2 atom stereocenters. The molecule has 2 unspecified atom stereocenters. The number of nitrogens with zero attached hydrogens (tertiary/aromatic N) is 1. The lowest BCUT2D eigenvalue weighted by molar-refractivity contribution is -0.128. The number of halogens is 1. The van der Waals surface area contributed by atoms with Crippen LogP contribution in [-0.2, 0) is 25.5 Å². The third-order valence-electron chi connectivity index (χ3n) is 4.15. The second-order valence-electron chi connectivity index (χ2n) is 5.66. The summed E-state index contributed by atoms with van der Waals surface area (Å²) in [4.78, 5) is 22.0. The van der Waals surface area contributed by atoms with Crippen LogP contribution in [0, 0.1) is 0 Å². The van der Waals surface area contributed by atoms with E-state index in [1.165, 1.54) is 29.6 Å². The van der Waals surface area contributed by atoms with E-state index in [-0.39, 0.29) is 23.2 Å². The summed E-state index contributed by atoms with van der Waals surface area (Å²) in [5.74, 6) is -0.542. The largest absolute Gasteiger partial charge is 0.468 e. The van der Waals surface area contributed by atoms with Crippen LogP contribution in [0.3, 0.4) is 0 Å². The van der Waals surface area contributed by atoms with Crippen LogP contribution in [0.5, 0.6) is 0 Å². The molecule has 1 aliphatic carbocycles. The van der Waals surface area contributed by atoms with Gasteiger partial charge in [0.2, 0.25) is 0 Å². The van der Waals surface area contributed by atoms with Crippen LogP contribution in [0.1, 0.15) is 36.0 Å². The summed E-state index contributed by atoms with van der Waals surface area (Å²) in [6, 6.07) is 4.07. The highest BCUT2D eigenvalue weighted by molar-refractivity contribution is 7.80. The standard InChI is InChI=1S/C17H20ClNO6S/c1-24-17(21)13-6-7-16(14(18)10-13)19(26(22)23)15-5-3-2-4-12(15)8-9-25-11-20/h4,6-7,10-11,15H,2-3,5,8-9H2,1H3,(H,22,23). The molecule has 0 bridgehead atoms. The minimum atomic E-state index is -2.33. The van der Waals surface area contributed by atoms with Gasteiger partial charge in [-0.3, -0.25) is 13.7 Å². The molecule has 0 spiro atoms. The van der Waals surface area contributed by atoms with Gasteiger partial charge in [-0.1, -0.05) is 17.7 Å². The molecule has 0 aromatic heterocycles. The van der Waals surface area contributed by atoms with E-state index < -0.39 is 17.2 Å². The van der Waals surface area contributed by atoms with Gasteiger partial charge in [-0.05, 0) is 43.0 Å². The zero-order chi connectivity index (χ0) is 19.1. The minimum Gasteiger partial charge on any atom is -0.468 e. The van der Waals surface area contributed by atoms with Crippen LogP contribution in [0.25, 0.3) is 0 Å². The quantitative estimate of drug-likeness (QED) is 0.236. The summed E-state index contributed by atoms with van der Waals surface area (Å²) < 4.78 is 32.7. The van der Waals surface area contributed by atoms with Crippen molar-refractivity contribution in [2.24, 2.45) is 0 Å². The van der Waals surface area contributed by atoms with Crippen molar-refractivity contribution in [1.82, 2.24) is 0 Å². The van der Waals surface area contributed by atoms with E-state index in [2.05, 4.69) is 4.74 Å². The third-order valence-corrected chi connectivity index (χ3v) is 5.24. The molecule has 2 rings (SSSR count). The molecule has 0 heterocycles. The van der Waals surface area contributed by atoms with Crippen molar-refractivity contribution in [3.8, 4) is 0 Å². The van der Waals surface area contributed by atoms with Gasteiger partial charge >= 0.3 is 5.97 Å². The van der Waals surface area contributed by atoms with E-state index in [9.17, 15) is 18.4 Å². The maximum Gasteiger partial charge on any atom is 0.337 e. The van der Waals surface area contributed by atoms with E-state index in [0.717, 1.165) is 18.4 Å². The second-order valence-corrected chi connectivity index (χ2v) is 6.92. The molecule has 0 saturated heterocycles. The number of methoxy groups -OCH3 is 1. The van der Waals surface area contributed by atoms with Gasteiger partial charge in [0.05, 0.1) is 36.0 Å². The Morgan fingerprint density at radius 3 is 2.88 bits per heavy atom. The Morgan fingerprint density at radius 2 is 2.27 bits per heavy atom. The predicted molar refractivity (Wildman–Crippen MR) is 98.4 cm³/mol. The molecule has 7 nitrogen and oxygen atoms in total. The van der Waals surface area contributed by atoms with Gasteiger partial charge in [0.15, 0.2) is 0 Å². The lowest BCUT2D eigenvalue weighted by Gasteiger charge is -2.34. The fourth-order valence-electron chi connectivity index (χ4n) is 2.97. The molecule has 1 aromatic rings. The number of carbonyl (C=O) groups is 2. The molecule has 9 heteroatoms. The SMILES string of the molecule is COC(=O)c1ccc(N(C2CCCC=C2CCOC=O)S(=O)O)c(Cl)c1. The van der Waals surface area contributed by atoms with Crippen molar-refractivity contribution in [3.05, 3.63) is 40.4 Å². The van der Waals surface area contributed by atoms with Gasteiger partial charge < -0.3 is 9.47 Å². The highest BCUT2D eigenvalue weighted by atomic mass is 35.5. The molecule has 26 heavy (non-hydrogen) atoms. The number of ether oxygens (including phenoxy) is 2. The van der Waals surface area contributed by atoms with Crippen molar-refractivity contribution >= 4 is 41.0 Å². The summed E-state index contributed by atoms with van der Waals surface area (Å²) in [5.41, 5.74) is 1.51. The molecule has 1 aromatic carbocycles. The molecule has 142 valence electrons. The molecule has 0 aliphatic heterocycles. The van der Waals surface area contributed by atoms with E-state index in [4.69, 9.17) is 16.3 Å². The Kier molecular flexibility index (Phi) is 7.62. The minimum absolute atomic E-state index is 0.171. The number of hydrogen-bond acceptors (Lipinski definition) is 5.